The van der Waals surface area contributed by atoms with E-state index in [1.165, 1.54) is 34.1 Å². The van der Waals surface area contributed by atoms with E-state index < -0.39 is 0 Å². The molecule has 29 heavy (non-hydrogen) atoms. The van der Waals surface area contributed by atoms with E-state index in [2.05, 4.69) is 121 Å². The van der Waals surface area contributed by atoms with Crippen LogP contribution in [-0.4, -0.2) is 12.3 Å². The summed E-state index contributed by atoms with van der Waals surface area (Å²) in [6, 6.07) is 44.1. The maximum Gasteiger partial charge on any atom is 0.0262 e. The van der Waals surface area contributed by atoms with E-state index in [9.17, 15) is 0 Å². The molecule has 4 aromatic rings. The lowest BCUT2D eigenvalue weighted by atomic mass is 10.0. The lowest BCUT2D eigenvalue weighted by Gasteiger charge is -2.22. The lowest BCUT2D eigenvalue weighted by molar-refractivity contribution is 1.14. The predicted molar refractivity (Wildman–Crippen MR) is 132 cm³/mol. The molecular weight excluding hydrogens is 386 g/mol. The van der Waals surface area contributed by atoms with Gasteiger partial charge in [-0.05, 0) is 42.0 Å². The Morgan fingerprint density at radius 3 is 1.31 bits per heavy atom. The van der Waals surface area contributed by atoms with Crippen LogP contribution in [0.25, 0.3) is 0 Å². The Morgan fingerprint density at radius 1 is 0.517 bits per heavy atom. The van der Waals surface area contributed by atoms with Crippen molar-refractivity contribution >= 4 is 27.1 Å². The van der Waals surface area contributed by atoms with Gasteiger partial charge in [-0.15, -0.1) is 8.58 Å². The molecule has 2 heteroatoms. The summed E-state index contributed by atoms with van der Waals surface area (Å²) >= 11 is 0. The zero-order valence-corrected chi connectivity index (χ0v) is 18.4. The van der Waals surface area contributed by atoms with Crippen molar-refractivity contribution in [2.24, 2.45) is 0 Å². The standard InChI is InChI=1S/C27H26P2/c1-5-13-23(14-6-1)27(24-15-7-2-8-16-24)28-21-22-29(25-17-9-3-10-18-25)26-19-11-4-12-20-26/h1-20,27-28H,21-22H2. The van der Waals surface area contributed by atoms with Gasteiger partial charge in [0.1, 0.15) is 0 Å². The van der Waals surface area contributed by atoms with Crippen molar-refractivity contribution in [3.63, 3.8) is 0 Å². The molecule has 4 rings (SSSR count). The van der Waals surface area contributed by atoms with Crippen molar-refractivity contribution in [1.82, 2.24) is 0 Å². The van der Waals surface area contributed by atoms with Gasteiger partial charge < -0.3 is 0 Å². The van der Waals surface area contributed by atoms with E-state index >= 15 is 0 Å². The Hall–Kier alpha value is -2.26. The van der Waals surface area contributed by atoms with Gasteiger partial charge >= 0.3 is 0 Å². The van der Waals surface area contributed by atoms with Gasteiger partial charge in [0, 0.05) is 5.66 Å². The quantitative estimate of drug-likeness (QED) is 0.287. The van der Waals surface area contributed by atoms with Gasteiger partial charge in [-0.2, -0.15) is 0 Å². The van der Waals surface area contributed by atoms with Crippen LogP contribution in [0, 0.1) is 0 Å². The highest BCUT2D eigenvalue weighted by Gasteiger charge is 2.17. The fourth-order valence-corrected chi connectivity index (χ4v) is 8.10. The van der Waals surface area contributed by atoms with Crippen LogP contribution in [-0.2, 0) is 0 Å². The van der Waals surface area contributed by atoms with Crippen LogP contribution in [0.4, 0.5) is 0 Å². The van der Waals surface area contributed by atoms with Crippen LogP contribution in [0.15, 0.2) is 121 Å². The second kappa shape index (κ2) is 10.5. The number of benzene rings is 4. The lowest BCUT2D eigenvalue weighted by Crippen LogP contribution is -2.14. The van der Waals surface area contributed by atoms with Gasteiger partial charge in [0.05, 0.1) is 0 Å². The van der Waals surface area contributed by atoms with Crippen LogP contribution in [0.2, 0.25) is 0 Å². The van der Waals surface area contributed by atoms with E-state index in [1.807, 2.05) is 0 Å². The van der Waals surface area contributed by atoms with Crippen LogP contribution in [0.3, 0.4) is 0 Å². The Labute approximate surface area is 177 Å². The van der Waals surface area contributed by atoms with Crippen LogP contribution in [0.5, 0.6) is 0 Å². The topological polar surface area (TPSA) is 0 Å². The van der Waals surface area contributed by atoms with Crippen molar-refractivity contribution in [1.29, 1.82) is 0 Å². The van der Waals surface area contributed by atoms with Gasteiger partial charge in [0.2, 0.25) is 0 Å². The summed E-state index contributed by atoms with van der Waals surface area (Å²) in [6.45, 7) is 0. The molecule has 1 unspecified atom stereocenters. The third-order valence-corrected chi connectivity index (χ3v) is 9.63. The first-order valence-electron chi connectivity index (χ1n) is 10.1. The van der Waals surface area contributed by atoms with E-state index in [1.54, 1.807) is 0 Å². The normalized spacial score (nSPS) is 11.5. The molecule has 0 aliphatic heterocycles. The van der Waals surface area contributed by atoms with Gasteiger partial charge in [0.15, 0.2) is 0 Å². The molecule has 0 spiro atoms. The zero-order chi connectivity index (χ0) is 19.7. The molecule has 4 aromatic carbocycles. The van der Waals surface area contributed by atoms with Crippen molar-refractivity contribution in [2.45, 2.75) is 5.66 Å². The Bertz CT molecular complexity index is 808. The summed E-state index contributed by atoms with van der Waals surface area (Å²) in [6.07, 6.45) is 2.47. The van der Waals surface area contributed by atoms with Gasteiger partial charge in [0.25, 0.3) is 0 Å². The SMILES string of the molecule is c1ccc(C(PCCP(c2ccccc2)c2ccccc2)c2ccccc2)cc1. The number of hydrogen-bond acceptors (Lipinski definition) is 0. The molecule has 0 aromatic heterocycles. The zero-order valence-electron chi connectivity index (χ0n) is 16.5. The van der Waals surface area contributed by atoms with E-state index in [4.69, 9.17) is 0 Å². The van der Waals surface area contributed by atoms with Crippen molar-refractivity contribution in [3.8, 4) is 0 Å². The number of hydrogen-bond donors (Lipinski definition) is 0. The molecule has 144 valence electrons. The average Bonchev–Trinajstić information content (AvgIpc) is 2.81. The molecule has 0 radical (unpaired) electrons. The third-order valence-electron chi connectivity index (χ3n) is 5.09. The Balaban J connectivity index is 1.53. The summed E-state index contributed by atoms with van der Waals surface area (Å²) in [5, 5.41) is 2.96. The largest absolute Gasteiger partial charge is 0.109 e. The van der Waals surface area contributed by atoms with Gasteiger partial charge in [-0.25, -0.2) is 0 Å². The summed E-state index contributed by atoms with van der Waals surface area (Å²) in [5.74, 6) is 0. The molecule has 0 fully saturated rings. The summed E-state index contributed by atoms with van der Waals surface area (Å²) in [7, 11) is 0.565. The molecule has 0 N–H and O–H groups in total. The molecule has 0 aliphatic carbocycles. The molecule has 0 bridgehead atoms. The fourth-order valence-electron chi connectivity index (χ4n) is 3.66. The second-order valence-electron chi connectivity index (χ2n) is 7.03. The van der Waals surface area contributed by atoms with E-state index in [0.717, 1.165) is 8.58 Å². The summed E-state index contributed by atoms with van der Waals surface area (Å²) in [4.78, 5) is 0. The maximum absolute atomic E-state index is 2.30. The monoisotopic (exact) mass is 412 g/mol. The first-order valence-corrected chi connectivity index (χ1v) is 12.9. The third kappa shape index (κ3) is 5.42. The molecular formula is C27H26P2. The smallest absolute Gasteiger partial charge is 0.0262 e. The average molecular weight is 412 g/mol. The van der Waals surface area contributed by atoms with E-state index in [0.29, 0.717) is 5.66 Å². The van der Waals surface area contributed by atoms with Crippen molar-refractivity contribution in [3.05, 3.63) is 132 Å². The van der Waals surface area contributed by atoms with Crippen LogP contribution >= 0.6 is 16.5 Å². The minimum Gasteiger partial charge on any atom is -0.109 e. The molecule has 0 saturated carbocycles. The van der Waals surface area contributed by atoms with Gasteiger partial charge in [-0.3, -0.25) is 0 Å². The minimum atomic E-state index is -0.312. The van der Waals surface area contributed by atoms with Crippen LogP contribution < -0.4 is 10.6 Å². The first kappa shape index (κ1) is 20.0. The highest BCUT2D eigenvalue weighted by Crippen LogP contribution is 2.43. The molecule has 0 saturated heterocycles. The number of rotatable bonds is 8. The molecule has 0 nitrogen and oxygen atoms in total. The summed E-state index contributed by atoms with van der Waals surface area (Å²) < 4.78 is 0. The fraction of sp³-hybridized carbons (Fsp3) is 0.111. The maximum atomic E-state index is 2.30. The second-order valence-corrected chi connectivity index (χ2v) is 10.9. The summed E-state index contributed by atoms with van der Waals surface area (Å²) in [5.41, 5.74) is 3.35. The van der Waals surface area contributed by atoms with Crippen LogP contribution in [0.1, 0.15) is 16.8 Å². The molecule has 0 amide bonds. The minimum absolute atomic E-state index is 0.312. The predicted octanol–water partition coefficient (Wildman–Crippen LogP) is 6.59. The Kier molecular flexibility index (Phi) is 7.25. The Morgan fingerprint density at radius 2 is 0.897 bits per heavy atom. The molecule has 0 aliphatic rings. The van der Waals surface area contributed by atoms with Gasteiger partial charge in [-0.1, -0.05) is 121 Å². The first-order chi connectivity index (χ1) is 14.4. The highest BCUT2D eigenvalue weighted by molar-refractivity contribution is 7.73. The van der Waals surface area contributed by atoms with Crippen molar-refractivity contribution < 1.29 is 0 Å². The molecule has 1 atom stereocenters. The van der Waals surface area contributed by atoms with Crippen molar-refractivity contribution in [2.75, 3.05) is 12.3 Å². The highest BCUT2D eigenvalue weighted by atomic mass is 31.1. The van der Waals surface area contributed by atoms with E-state index in [-0.39, 0.29) is 7.92 Å². The molecule has 0 heterocycles.